The van der Waals surface area contributed by atoms with Gasteiger partial charge in [-0.05, 0) is 25.5 Å². The van der Waals surface area contributed by atoms with Gasteiger partial charge in [-0.2, -0.15) is 0 Å². The number of hydrogen-bond donors (Lipinski definition) is 1. The zero-order valence-electron chi connectivity index (χ0n) is 11.4. The van der Waals surface area contributed by atoms with Crippen LogP contribution in [0.2, 0.25) is 0 Å². The summed E-state index contributed by atoms with van der Waals surface area (Å²) in [5, 5.41) is 24.5. The minimum atomic E-state index is -0.721. The first-order valence-electron chi connectivity index (χ1n) is 6.01. The molecule has 0 aliphatic heterocycles. The van der Waals surface area contributed by atoms with Crippen molar-refractivity contribution in [1.29, 1.82) is 0 Å². The van der Waals surface area contributed by atoms with Gasteiger partial charge >= 0.3 is 5.69 Å². The second kappa shape index (κ2) is 5.53. The molecule has 108 valence electrons. The molecule has 0 radical (unpaired) electrons. The van der Waals surface area contributed by atoms with E-state index < -0.39 is 21.2 Å². The minimum Gasteiger partial charge on any atom is -0.334 e. The summed E-state index contributed by atoms with van der Waals surface area (Å²) in [6.45, 7) is 3.79. The number of nitro groups is 2. The van der Waals surface area contributed by atoms with Crippen LogP contribution in [0.5, 0.6) is 0 Å². The van der Waals surface area contributed by atoms with Gasteiger partial charge in [-0.25, -0.2) is 4.98 Å². The highest BCUT2D eigenvalue weighted by Crippen LogP contribution is 2.30. The van der Waals surface area contributed by atoms with Gasteiger partial charge in [-0.1, -0.05) is 17.7 Å². The Morgan fingerprint density at radius 2 is 1.81 bits per heavy atom. The molecule has 1 aromatic heterocycles. The molecular formula is C13H12N4O4. The van der Waals surface area contributed by atoms with Crippen LogP contribution >= 0.6 is 0 Å². The highest BCUT2D eigenvalue weighted by Gasteiger charge is 2.21. The fourth-order valence-electron chi connectivity index (χ4n) is 1.86. The fourth-order valence-corrected chi connectivity index (χ4v) is 1.86. The Balaban J connectivity index is 2.44. The molecule has 0 saturated heterocycles. The van der Waals surface area contributed by atoms with E-state index in [2.05, 4.69) is 10.3 Å². The summed E-state index contributed by atoms with van der Waals surface area (Å²) in [7, 11) is 0. The van der Waals surface area contributed by atoms with Crippen molar-refractivity contribution in [2.75, 3.05) is 5.32 Å². The average Bonchev–Trinajstić information content (AvgIpc) is 2.41. The van der Waals surface area contributed by atoms with E-state index in [0.717, 1.165) is 23.4 Å². The summed E-state index contributed by atoms with van der Waals surface area (Å²) in [6, 6.07) is 6.43. The molecular weight excluding hydrogens is 276 g/mol. The summed E-state index contributed by atoms with van der Waals surface area (Å²) in [5.41, 5.74) is 1.75. The van der Waals surface area contributed by atoms with E-state index >= 15 is 0 Å². The fraction of sp³-hybridized carbons (Fsp3) is 0.154. The Kier molecular flexibility index (Phi) is 3.79. The highest BCUT2D eigenvalue weighted by molar-refractivity contribution is 5.69. The van der Waals surface area contributed by atoms with E-state index in [4.69, 9.17) is 0 Å². The lowest BCUT2D eigenvalue weighted by atomic mass is 10.1. The molecule has 0 bridgehead atoms. The van der Waals surface area contributed by atoms with Crippen molar-refractivity contribution in [1.82, 2.24) is 4.98 Å². The molecule has 0 aliphatic rings. The lowest BCUT2D eigenvalue weighted by Gasteiger charge is -2.09. The predicted molar refractivity (Wildman–Crippen MR) is 76.7 cm³/mol. The second-order valence-corrected chi connectivity index (χ2v) is 4.52. The van der Waals surface area contributed by atoms with Gasteiger partial charge < -0.3 is 5.32 Å². The minimum absolute atomic E-state index is 0.0300. The maximum absolute atomic E-state index is 11.0. The van der Waals surface area contributed by atoms with E-state index in [-0.39, 0.29) is 5.82 Å². The molecule has 0 saturated carbocycles. The maximum Gasteiger partial charge on any atom is 0.318 e. The van der Waals surface area contributed by atoms with Crippen LogP contribution < -0.4 is 5.32 Å². The van der Waals surface area contributed by atoms with Gasteiger partial charge in [-0.15, -0.1) is 0 Å². The first kappa shape index (κ1) is 14.4. The molecule has 1 aromatic carbocycles. The van der Waals surface area contributed by atoms with Gasteiger partial charge in [0.15, 0.2) is 0 Å². The van der Waals surface area contributed by atoms with Crippen molar-refractivity contribution < 1.29 is 9.85 Å². The van der Waals surface area contributed by atoms with Crippen LogP contribution in [0, 0.1) is 34.1 Å². The number of nitrogens with zero attached hydrogens (tertiary/aromatic N) is 3. The van der Waals surface area contributed by atoms with Crippen molar-refractivity contribution in [3.05, 3.63) is 61.8 Å². The number of rotatable bonds is 4. The number of benzene rings is 1. The molecule has 0 spiro atoms. The number of aromatic nitrogens is 1. The Labute approximate surface area is 119 Å². The molecule has 1 N–H and O–H groups in total. The molecule has 8 nitrogen and oxygen atoms in total. The number of nitrogens with one attached hydrogen (secondary N) is 1. The summed E-state index contributed by atoms with van der Waals surface area (Å²) in [4.78, 5) is 24.0. The third-order valence-electron chi connectivity index (χ3n) is 2.90. The summed E-state index contributed by atoms with van der Waals surface area (Å²) in [5.74, 6) is -0.0300. The Morgan fingerprint density at radius 1 is 1.10 bits per heavy atom. The largest absolute Gasteiger partial charge is 0.334 e. The molecule has 8 heteroatoms. The third-order valence-corrected chi connectivity index (χ3v) is 2.90. The monoisotopic (exact) mass is 288 g/mol. The van der Waals surface area contributed by atoms with Gasteiger partial charge in [0, 0.05) is 5.69 Å². The summed E-state index contributed by atoms with van der Waals surface area (Å²) in [6.07, 6.45) is 0.985. The van der Waals surface area contributed by atoms with Gasteiger partial charge in [0.1, 0.15) is 6.20 Å². The van der Waals surface area contributed by atoms with Crippen LogP contribution in [-0.4, -0.2) is 14.8 Å². The molecule has 21 heavy (non-hydrogen) atoms. The van der Waals surface area contributed by atoms with Crippen LogP contribution in [0.1, 0.15) is 11.1 Å². The van der Waals surface area contributed by atoms with E-state index in [1.165, 1.54) is 0 Å². The van der Waals surface area contributed by atoms with Crippen LogP contribution in [0.25, 0.3) is 0 Å². The maximum atomic E-state index is 11.0. The van der Waals surface area contributed by atoms with E-state index in [9.17, 15) is 20.2 Å². The second-order valence-electron chi connectivity index (χ2n) is 4.52. The van der Waals surface area contributed by atoms with Crippen LogP contribution in [0.3, 0.4) is 0 Å². The molecule has 0 fully saturated rings. The molecule has 2 aromatic rings. The zero-order chi connectivity index (χ0) is 15.6. The van der Waals surface area contributed by atoms with E-state index in [1.807, 2.05) is 26.0 Å². The quantitative estimate of drug-likeness (QED) is 0.682. The number of aryl methyl sites for hydroxylation is 2. The van der Waals surface area contributed by atoms with Crippen molar-refractivity contribution >= 4 is 22.9 Å². The first-order valence-corrected chi connectivity index (χ1v) is 6.01. The van der Waals surface area contributed by atoms with Gasteiger partial charge in [0.05, 0.1) is 15.9 Å². The van der Waals surface area contributed by atoms with Gasteiger partial charge in [-0.3, -0.25) is 20.2 Å². The third kappa shape index (κ3) is 3.11. The van der Waals surface area contributed by atoms with Crippen molar-refractivity contribution in [3.63, 3.8) is 0 Å². The van der Waals surface area contributed by atoms with Crippen LogP contribution in [-0.2, 0) is 0 Å². The Morgan fingerprint density at radius 3 is 2.38 bits per heavy atom. The van der Waals surface area contributed by atoms with E-state index in [1.54, 1.807) is 6.07 Å². The van der Waals surface area contributed by atoms with Crippen molar-refractivity contribution in [2.45, 2.75) is 13.8 Å². The van der Waals surface area contributed by atoms with E-state index in [0.29, 0.717) is 5.69 Å². The van der Waals surface area contributed by atoms with Crippen LogP contribution in [0.4, 0.5) is 22.9 Å². The molecule has 0 aliphatic carbocycles. The standard InChI is InChI=1S/C13H12N4O4/c1-8-3-4-11(9(2)5-8)15-13-12(17(20)21)6-10(7-14-13)16(18)19/h3-7H,1-2H3,(H,14,15). The smallest absolute Gasteiger partial charge is 0.318 e. The van der Waals surface area contributed by atoms with Gasteiger partial charge in [0.25, 0.3) is 5.69 Å². The average molecular weight is 288 g/mol. The highest BCUT2D eigenvalue weighted by atomic mass is 16.6. The number of pyridine rings is 1. The van der Waals surface area contributed by atoms with Crippen molar-refractivity contribution in [2.24, 2.45) is 0 Å². The lowest BCUT2D eigenvalue weighted by molar-refractivity contribution is -0.394. The van der Waals surface area contributed by atoms with Crippen LogP contribution in [0.15, 0.2) is 30.5 Å². The number of hydrogen-bond acceptors (Lipinski definition) is 6. The summed E-state index contributed by atoms with van der Waals surface area (Å²) >= 11 is 0. The predicted octanol–water partition coefficient (Wildman–Crippen LogP) is 3.26. The summed E-state index contributed by atoms with van der Waals surface area (Å²) < 4.78 is 0. The van der Waals surface area contributed by atoms with Gasteiger partial charge in [0.2, 0.25) is 5.82 Å². The normalized spacial score (nSPS) is 10.2. The topological polar surface area (TPSA) is 111 Å². The molecule has 2 rings (SSSR count). The number of anilines is 2. The molecule has 0 amide bonds. The zero-order valence-corrected chi connectivity index (χ0v) is 11.4. The Bertz CT molecular complexity index is 730. The SMILES string of the molecule is Cc1ccc(Nc2ncc([N+](=O)[O-])cc2[N+](=O)[O-])c(C)c1. The molecule has 0 unspecified atom stereocenters. The molecule has 0 atom stereocenters. The Hall–Kier alpha value is -3.03. The lowest BCUT2D eigenvalue weighted by Crippen LogP contribution is -2.02. The first-order chi connectivity index (χ1) is 9.88. The van der Waals surface area contributed by atoms with Crippen molar-refractivity contribution in [3.8, 4) is 0 Å². The molecule has 1 heterocycles.